The van der Waals surface area contributed by atoms with Crippen molar-refractivity contribution in [2.75, 3.05) is 35.8 Å². The quantitative estimate of drug-likeness (QED) is 0.399. The molecule has 1 saturated heterocycles. The summed E-state index contributed by atoms with van der Waals surface area (Å²) in [6.45, 7) is 3.30. The third-order valence-electron chi connectivity index (χ3n) is 5.77. The van der Waals surface area contributed by atoms with Crippen molar-refractivity contribution in [1.82, 2.24) is 15.3 Å². The Balaban J connectivity index is 1.45. The SMILES string of the molecule is O=C(c1ccc2ncc(N3CCNCC3)nc2c1)c1cccc(NS(=O)(=O)c2ccccc2)c1F. The summed E-state index contributed by atoms with van der Waals surface area (Å²) in [4.78, 5) is 24.4. The third kappa shape index (κ3) is 4.71. The van der Waals surface area contributed by atoms with E-state index in [4.69, 9.17) is 0 Å². The molecule has 1 fully saturated rings. The van der Waals surface area contributed by atoms with Gasteiger partial charge in [-0.1, -0.05) is 24.3 Å². The van der Waals surface area contributed by atoms with Crippen LogP contribution < -0.4 is 14.9 Å². The van der Waals surface area contributed by atoms with Crippen LogP contribution in [0.2, 0.25) is 0 Å². The number of halogens is 1. The van der Waals surface area contributed by atoms with Gasteiger partial charge in [0.25, 0.3) is 10.0 Å². The van der Waals surface area contributed by atoms with Crippen LogP contribution in [0, 0.1) is 5.82 Å². The number of sulfonamides is 1. The molecule has 0 radical (unpaired) electrons. The Bertz CT molecular complexity index is 1510. The maximum atomic E-state index is 15.3. The fraction of sp³-hybridized carbons (Fsp3) is 0.160. The highest BCUT2D eigenvalue weighted by Gasteiger charge is 2.21. The van der Waals surface area contributed by atoms with E-state index in [2.05, 4.69) is 24.9 Å². The Hall–Kier alpha value is -3.89. The lowest BCUT2D eigenvalue weighted by molar-refractivity contribution is 0.103. The number of ketones is 1. The van der Waals surface area contributed by atoms with Gasteiger partial charge in [-0.15, -0.1) is 0 Å². The standard InChI is InChI=1S/C25H22FN5O3S/c26-24-19(7-4-8-21(24)30-35(33,34)18-5-2-1-3-6-18)25(32)17-9-10-20-22(15-17)29-23(16-28-20)31-13-11-27-12-14-31/h1-10,15-16,27,30H,11-14H2. The van der Waals surface area contributed by atoms with Gasteiger partial charge < -0.3 is 10.2 Å². The molecule has 4 aromatic rings. The van der Waals surface area contributed by atoms with Gasteiger partial charge >= 0.3 is 0 Å². The molecule has 0 atom stereocenters. The molecule has 3 aromatic carbocycles. The Kier molecular flexibility index (Phi) is 6.14. The van der Waals surface area contributed by atoms with Crippen LogP contribution >= 0.6 is 0 Å². The molecule has 10 heteroatoms. The van der Waals surface area contributed by atoms with Crippen LogP contribution in [-0.2, 0) is 10.0 Å². The number of piperazine rings is 1. The van der Waals surface area contributed by atoms with Crippen molar-refractivity contribution < 1.29 is 17.6 Å². The van der Waals surface area contributed by atoms with Crippen LogP contribution in [0.25, 0.3) is 11.0 Å². The lowest BCUT2D eigenvalue weighted by Crippen LogP contribution is -2.43. The van der Waals surface area contributed by atoms with Crippen molar-refractivity contribution in [3.63, 3.8) is 0 Å². The van der Waals surface area contributed by atoms with Crippen molar-refractivity contribution in [2.45, 2.75) is 4.90 Å². The van der Waals surface area contributed by atoms with Gasteiger partial charge in [-0.25, -0.2) is 17.8 Å². The highest BCUT2D eigenvalue weighted by atomic mass is 32.2. The molecule has 0 amide bonds. The minimum Gasteiger partial charge on any atom is -0.353 e. The van der Waals surface area contributed by atoms with Gasteiger partial charge in [-0.3, -0.25) is 14.5 Å². The molecule has 5 rings (SSSR count). The number of aromatic nitrogens is 2. The van der Waals surface area contributed by atoms with E-state index >= 15 is 4.39 Å². The third-order valence-corrected chi connectivity index (χ3v) is 7.16. The predicted octanol–water partition coefficient (Wildman–Crippen LogP) is 3.21. The first-order valence-electron chi connectivity index (χ1n) is 11.1. The molecule has 0 saturated carbocycles. The van der Waals surface area contributed by atoms with Crippen molar-refractivity contribution in [3.8, 4) is 0 Å². The van der Waals surface area contributed by atoms with Crippen molar-refractivity contribution in [3.05, 3.63) is 89.9 Å². The average Bonchev–Trinajstić information content (AvgIpc) is 2.90. The number of anilines is 2. The smallest absolute Gasteiger partial charge is 0.261 e. The van der Waals surface area contributed by atoms with E-state index in [-0.39, 0.29) is 21.7 Å². The van der Waals surface area contributed by atoms with Crippen molar-refractivity contribution in [2.24, 2.45) is 0 Å². The van der Waals surface area contributed by atoms with Crippen LogP contribution in [0.5, 0.6) is 0 Å². The Labute approximate surface area is 201 Å². The fourth-order valence-electron chi connectivity index (χ4n) is 3.93. The largest absolute Gasteiger partial charge is 0.353 e. The van der Waals surface area contributed by atoms with Crippen molar-refractivity contribution >= 4 is 38.3 Å². The van der Waals surface area contributed by atoms with Crippen molar-refractivity contribution in [1.29, 1.82) is 0 Å². The molecule has 1 aliphatic heterocycles. The van der Waals surface area contributed by atoms with E-state index in [1.54, 1.807) is 42.6 Å². The topological polar surface area (TPSA) is 104 Å². The molecule has 1 aromatic heterocycles. The van der Waals surface area contributed by atoms with Gasteiger partial charge in [0.05, 0.1) is 33.4 Å². The first-order chi connectivity index (χ1) is 16.9. The summed E-state index contributed by atoms with van der Waals surface area (Å²) in [5.41, 5.74) is 0.815. The molecule has 0 spiro atoms. The van der Waals surface area contributed by atoms with E-state index in [0.717, 1.165) is 26.2 Å². The minimum absolute atomic E-state index is 0.00970. The molecule has 8 nitrogen and oxygen atoms in total. The van der Waals surface area contributed by atoms with Crippen LogP contribution in [-0.4, -0.2) is 50.3 Å². The second-order valence-corrected chi connectivity index (χ2v) is 9.77. The number of benzene rings is 3. The molecule has 0 unspecified atom stereocenters. The number of carbonyl (C=O) groups excluding carboxylic acids is 1. The Morgan fingerprint density at radius 2 is 1.74 bits per heavy atom. The summed E-state index contributed by atoms with van der Waals surface area (Å²) in [6, 6.07) is 16.5. The van der Waals surface area contributed by atoms with Crippen LogP contribution in [0.4, 0.5) is 15.9 Å². The molecule has 2 heterocycles. The van der Waals surface area contributed by atoms with E-state index < -0.39 is 21.6 Å². The Morgan fingerprint density at radius 1 is 0.971 bits per heavy atom. The van der Waals surface area contributed by atoms with Crippen LogP contribution in [0.1, 0.15) is 15.9 Å². The van der Waals surface area contributed by atoms with Gasteiger partial charge in [0.15, 0.2) is 11.6 Å². The molecule has 35 heavy (non-hydrogen) atoms. The summed E-state index contributed by atoms with van der Waals surface area (Å²) >= 11 is 0. The van der Waals surface area contributed by atoms with Gasteiger partial charge in [-0.05, 0) is 42.5 Å². The summed E-state index contributed by atoms with van der Waals surface area (Å²) in [6.07, 6.45) is 1.71. The number of nitrogens with zero attached hydrogens (tertiary/aromatic N) is 3. The van der Waals surface area contributed by atoms with E-state index in [1.165, 1.54) is 30.3 Å². The van der Waals surface area contributed by atoms with Crippen LogP contribution in [0.15, 0.2) is 77.8 Å². The zero-order valence-corrected chi connectivity index (χ0v) is 19.4. The molecule has 0 bridgehead atoms. The zero-order chi connectivity index (χ0) is 24.4. The normalized spacial score (nSPS) is 14.1. The Morgan fingerprint density at radius 3 is 2.51 bits per heavy atom. The predicted molar refractivity (Wildman–Crippen MR) is 132 cm³/mol. The molecule has 0 aliphatic carbocycles. The highest BCUT2D eigenvalue weighted by Crippen LogP contribution is 2.25. The van der Waals surface area contributed by atoms with Gasteiger partial charge in [0.2, 0.25) is 0 Å². The summed E-state index contributed by atoms with van der Waals surface area (Å²) in [5.74, 6) is -0.815. The van der Waals surface area contributed by atoms with E-state index in [0.29, 0.717) is 16.9 Å². The molecule has 2 N–H and O–H groups in total. The maximum absolute atomic E-state index is 15.3. The number of nitrogens with one attached hydrogen (secondary N) is 2. The van der Waals surface area contributed by atoms with E-state index in [1.807, 2.05) is 0 Å². The second kappa shape index (κ2) is 9.40. The molecular formula is C25H22FN5O3S. The van der Waals surface area contributed by atoms with Gasteiger partial charge in [0.1, 0.15) is 5.82 Å². The average molecular weight is 492 g/mol. The summed E-state index contributed by atoms with van der Waals surface area (Å²) < 4.78 is 42.8. The van der Waals surface area contributed by atoms with E-state index in [9.17, 15) is 13.2 Å². The highest BCUT2D eigenvalue weighted by molar-refractivity contribution is 7.92. The van der Waals surface area contributed by atoms with Gasteiger partial charge in [0, 0.05) is 31.7 Å². The number of hydrogen-bond donors (Lipinski definition) is 2. The first kappa shape index (κ1) is 22.9. The number of rotatable bonds is 6. The lowest BCUT2D eigenvalue weighted by atomic mass is 10.0. The number of hydrogen-bond acceptors (Lipinski definition) is 7. The molecule has 178 valence electrons. The molecule has 1 aliphatic rings. The lowest BCUT2D eigenvalue weighted by Gasteiger charge is -2.28. The maximum Gasteiger partial charge on any atom is 0.261 e. The minimum atomic E-state index is -4.02. The zero-order valence-electron chi connectivity index (χ0n) is 18.6. The monoisotopic (exact) mass is 491 g/mol. The second-order valence-electron chi connectivity index (χ2n) is 8.08. The number of carbonyl (C=O) groups is 1. The molecular weight excluding hydrogens is 469 g/mol. The summed E-state index contributed by atoms with van der Waals surface area (Å²) in [5, 5.41) is 3.28. The van der Waals surface area contributed by atoms with Crippen LogP contribution in [0.3, 0.4) is 0 Å². The fourth-order valence-corrected chi connectivity index (χ4v) is 5.01. The first-order valence-corrected chi connectivity index (χ1v) is 12.5. The summed E-state index contributed by atoms with van der Waals surface area (Å²) in [7, 11) is -4.02. The number of fused-ring (bicyclic) bond motifs is 1. The van der Waals surface area contributed by atoms with Gasteiger partial charge in [-0.2, -0.15) is 0 Å².